The van der Waals surface area contributed by atoms with Gasteiger partial charge in [0.05, 0.1) is 5.56 Å². The average Bonchev–Trinajstić information content (AvgIpc) is 2.56. The first-order valence-corrected chi connectivity index (χ1v) is 7.51. The molecule has 1 heterocycles. The molecule has 1 aliphatic heterocycles. The van der Waals surface area contributed by atoms with Crippen LogP contribution in [0.15, 0.2) is 48.5 Å². The summed E-state index contributed by atoms with van der Waals surface area (Å²) >= 11 is 0. The van der Waals surface area contributed by atoms with Crippen molar-refractivity contribution < 1.29 is 15.0 Å². The van der Waals surface area contributed by atoms with Crippen molar-refractivity contribution in [3.8, 4) is 11.5 Å². The van der Waals surface area contributed by atoms with Crippen LogP contribution in [-0.4, -0.2) is 34.1 Å². The summed E-state index contributed by atoms with van der Waals surface area (Å²) < 4.78 is 0. The van der Waals surface area contributed by atoms with Crippen LogP contribution in [0.2, 0.25) is 0 Å². The third-order valence-electron chi connectivity index (χ3n) is 4.28. The predicted octanol–water partition coefficient (Wildman–Crippen LogP) is 3.12. The van der Waals surface area contributed by atoms with Crippen molar-refractivity contribution in [3.05, 3.63) is 59.7 Å². The quantitative estimate of drug-likeness (QED) is 0.895. The molecule has 1 amide bonds. The van der Waals surface area contributed by atoms with Gasteiger partial charge in [-0.15, -0.1) is 0 Å². The number of carbonyl (C=O) groups excluding carboxylic acids is 1. The summed E-state index contributed by atoms with van der Waals surface area (Å²) in [5.41, 5.74) is 1.57. The molecule has 2 N–H and O–H groups in total. The average molecular weight is 297 g/mol. The topological polar surface area (TPSA) is 60.8 Å². The van der Waals surface area contributed by atoms with E-state index in [0.717, 1.165) is 12.8 Å². The van der Waals surface area contributed by atoms with Crippen LogP contribution in [-0.2, 0) is 0 Å². The summed E-state index contributed by atoms with van der Waals surface area (Å²) in [4.78, 5) is 14.2. The lowest BCUT2D eigenvalue weighted by molar-refractivity contribution is 0.0710. The molecule has 0 bridgehead atoms. The van der Waals surface area contributed by atoms with Crippen LogP contribution in [0.4, 0.5) is 0 Å². The SMILES string of the molecule is O=C(c1ccccc1O)N1CCC(c2ccc(O)cc2)CC1. The van der Waals surface area contributed by atoms with Crippen LogP contribution in [0.5, 0.6) is 11.5 Å². The molecule has 2 aromatic carbocycles. The Bertz CT molecular complexity index is 658. The molecule has 1 aliphatic rings. The summed E-state index contributed by atoms with van der Waals surface area (Å²) in [5, 5.41) is 19.1. The molecule has 1 fully saturated rings. The number of phenols is 2. The molecule has 4 nitrogen and oxygen atoms in total. The fraction of sp³-hybridized carbons (Fsp3) is 0.278. The minimum absolute atomic E-state index is 0.0353. The molecule has 0 atom stereocenters. The van der Waals surface area contributed by atoms with Crippen molar-refractivity contribution in [2.45, 2.75) is 18.8 Å². The number of hydrogen-bond donors (Lipinski definition) is 2. The van der Waals surface area contributed by atoms with Gasteiger partial charge in [-0.2, -0.15) is 0 Å². The molecular formula is C18H19NO3. The van der Waals surface area contributed by atoms with Crippen LogP contribution in [0.1, 0.15) is 34.7 Å². The molecule has 0 saturated carbocycles. The molecular weight excluding hydrogens is 278 g/mol. The van der Waals surface area contributed by atoms with E-state index in [2.05, 4.69) is 0 Å². The number of amides is 1. The Morgan fingerprint density at radius 1 is 0.955 bits per heavy atom. The lowest BCUT2D eigenvalue weighted by atomic mass is 9.89. The molecule has 0 radical (unpaired) electrons. The monoisotopic (exact) mass is 297 g/mol. The van der Waals surface area contributed by atoms with Crippen LogP contribution >= 0.6 is 0 Å². The molecule has 2 aromatic rings. The van der Waals surface area contributed by atoms with Crippen molar-refractivity contribution in [1.29, 1.82) is 0 Å². The van der Waals surface area contributed by atoms with Gasteiger partial charge in [0.1, 0.15) is 11.5 Å². The summed E-state index contributed by atoms with van der Waals surface area (Å²) in [6.45, 7) is 1.36. The van der Waals surface area contributed by atoms with E-state index < -0.39 is 0 Å². The van der Waals surface area contributed by atoms with Gasteiger partial charge in [0.2, 0.25) is 0 Å². The predicted molar refractivity (Wildman–Crippen MR) is 84.1 cm³/mol. The lowest BCUT2D eigenvalue weighted by Gasteiger charge is -2.32. The van der Waals surface area contributed by atoms with E-state index in [-0.39, 0.29) is 17.4 Å². The van der Waals surface area contributed by atoms with Crippen molar-refractivity contribution in [2.24, 2.45) is 0 Å². The fourth-order valence-corrected chi connectivity index (χ4v) is 2.99. The van der Waals surface area contributed by atoms with Crippen molar-refractivity contribution in [2.75, 3.05) is 13.1 Å². The summed E-state index contributed by atoms with van der Waals surface area (Å²) in [5.74, 6) is 0.611. The highest BCUT2D eigenvalue weighted by atomic mass is 16.3. The minimum Gasteiger partial charge on any atom is -0.508 e. The Morgan fingerprint density at radius 3 is 2.23 bits per heavy atom. The van der Waals surface area contributed by atoms with Crippen LogP contribution in [0.3, 0.4) is 0 Å². The lowest BCUT2D eigenvalue weighted by Crippen LogP contribution is -2.37. The maximum Gasteiger partial charge on any atom is 0.257 e. The molecule has 22 heavy (non-hydrogen) atoms. The maximum atomic E-state index is 12.4. The molecule has 4 heteroatoms. The zero-order chi connectivity index (χ0) is 15.5. The zero-order valence-corrected chi connectivity index (χ0v) is 12.3. The third kappa shape index (κ3) is 2.91. The maximum absolute atomic E-state index is 12.4. The van der Waals surface area contributed by atoms with Gasteiger partial charge < -0.3 is 15.1 Å². The van der Waals surface area contributed by atoms with E-state index >= 15 is 0 Å². The molecule has 114 valence electrons. The molecule has 3 rings (SSSR count). The summed E-state index contributed by atoms with van der Waals surface area (Å²) in [6.07, 6.45) is 1.79. The number of phenolic OH excluding ortho intramolecular Hbond substituents is 2. The van der Waals surface area contributed by atoms with E-state index in [9.17, 15) is 15.0 Å². The van der Waals surface area contributed by atoms with E-state index in [1.165, 1.54) is 11.6 Å². The Morgan fingerprint density at radius 2 is 1.59 bits per heavy atom. The van der Waals surface area contributed by atoms with Crippen molar-refractivity contribution in [1.82, 2.24) is 4.90 Å². The van der Waals surface area contributed by atoms with E-state index in [0.29, 0.717) is 24.6 Å². The summed E-state index contributed by atoms with van der Waals surface area (Å²) in [7, 11) is 0. The van der Waals surface area contributed by atoms with E-state index in [1.54, 1.807) is 35.2 Å². The Labute approximate surface area is 129 Å². The minimum atomic E-state index is -0.109. The first-order valence-electron chi connectivity index (χ1n) is 7.51. The summed E-state index contributed by atoms with van der Waals surface area (Å²) in [6, 6.07) is 14.0. The van der Waals surface area contributed by atoms with E-state index in [4.69, 9.17) is 0 Å². The molecule has 0 spiro atoms. The Balaban J connectivity index is 1.65. The smallest absolute Gasteiger partial charge is 0.257 e. The normalized spacial score (nSPS) is 15.7. The number of aromatic hydroxyl groups is 2. The second-order valence-electron chi connectivity index (χ2n) is 5.68. The largest absolute Gasteiger partial charge is 0.508 e. The second-order valence-corrected chi connectivity index (χ2v) is 5.68. The first-order chi connectivity index (χ1) is 10.6. The first kappa shape index (κ1) is 14.4. The molecule has 0 aliphatic carbocycles. The van der Waals surface area contributed by atoms with E-state index in [1.807, 2.05) is 12.1 Å². The third-order valence-corrected chi connectivity index (χ3v) is 4.28. The van der Waals surface area contributed by atoms with Gasteiger partial charge in [0, 0.05) is 13.1 Å². The highest BCUT2D eigenvalue weighted by Crippen LogP contribution is 2.30. The molecule has 0 unspecified atom stereocenters. The Hall–Kier alpha value is -2.49. The van der Waals surface area contributed by atoms with Crippen LogP contribution in [0.25, 0.3) is 0 Å². The molecule has 0 aromatic heterocycles. The number of hydrogen-bond acceptors (Lipinski definition) is 3. The number of benzene rings is 2. The van der Waals surface area contributed by atoms with Crippen LogP contribution in [0, 0.1) is 0 Å². The number of likely N-dealkylation sites (tertiary alicyclic amines) is 1. The van der Waals surface area contributed by atoms with Gasteiger partial charge >= 0.3 is 0 Å². The number of para-hydroxylation sites is 1. The Kier molecular flexibility index (Phi) is 4.00. The molecule has 1 saturated heterocycles. The number of rotatable bonds is 2. The highest BCUT2D eigenvalue weighted by molar-refractivity contribution is 5.96. The zero-order valence-electron chi connectivity index (χ0n) is 12.3. The van der Waals surface area contributed by atoms with Gasteiger partial charge in [-0.3, -0.25) is 4.79 Å². The van der Waals surface area contributed by atoms with Crippen LogP contribution < -0.4 is 0 Å². The van der Waals surface area contributed by atoms with Crippen molar-refractivity contribution in [3.63, 3.8) is 0 Å². The van der Waals surface area contributed by atoms with Crippen molar-refractivity contribution >= 4 is 5.91 Å². The number of carbonyl (C=O) groups is 1. The van der Waals surface area contributed by atoms with Gasteiger partial charge in [0.15, 0.2) is 0 Å². The van der Waals surface area contributed by atoms with Gasteiger partial charge in [-0.1, -0.05) is 24.3 Å². The highest BCUT2D eigenvalue weighted by Gasteiger charge is 2.25. The van der Waals surface area contributed by atoms with Gasteiger partial charge in [-0.25, -0.2) is 0 Å². The van der Waals surface area contributed by atoms with Gasteiger partial charge in [-0.05, 0) is 48.6 Å². The standard InChI is InChI=1S/C18H19NO3/c20-15-7-5-13(6-8-15)14-9-11-19(12-10-14)18(22)16-3-1-2-4-17(16)21/h1-8,14,20-21H,9-12H2. The number of piperidine rings is 1. The number of nitrogens with zero attached hydrogens (tertiary/aromatic N) is 1. The fourth-order valence-electron chi connectivity index (χ4n) is 2.99. The van der Waals surface area contributed by atoms with Gasteiger partial charge in [0.25, 0.3) is 5.91 Å². The second kappa shape index (κ2) is 6.10.